The Morgan fingerprint density at radius 1 is 1.00 bits per heavy atom. The number of anilines is 1. The first-order chi connectivity index (χ1) is 27.5. The molecule has 4 rings (SSSR count). The van der Waals surface area contributed by atoms with Crippen molar-refractivity contribution < 1.29 is 46.9 Å². The van der Waals surface area contributed by atoms with Crippen LogP contribution in [-0.2, 0) is 37.4 Å². The molecule has 7 atom stereocenters. The van der Waals surface area contributed by atoms with Gasteiger partial charge in [-0.2, -0.15) is 14.4 Å². The van der Waals surface area contributed by atoms with Crippen LogP contribution in [0.4, 0.5) is 10.2 Å². The number of nitrogens with two attached hydrogens (primary N) is 2. The minimum Gasteiger partial charge on any atom is -0.464 e. The van der Waals surface area contributed by atoms with Crippen molar-refractivity contribution in [1.29, 1.82) is 0 Å². The molecule has 312 valence electrons. The van der Waals surface area contributed by atoms with E-state index in [0.717, 1.165) is 64.2 Å². The summed E-state index contributed by atoms with van der Waals surface area (Å²) in [7, 11) is -2.97. The first-order valence-electron chi connectivity index (χ1n) is 19.9. The highest BCUT2D eigenvalue weighted by molar-refractivity contribution is 7.33. The number of unbranched alkanes of at least 4 members (excludes halogenated alkanes) is 10. The van der Waals surface area contributed by atoms with Crippen molar-refractivity contribution >= 4 is 37.2 Å². The summed E-state index contributed by atoms with van der Waals surface area (Å²) in [4.78, 5) is 37.3. The van der Waals surface area contributed by atoms with Crippen molar-refractivity contribution in [1.82, 2.24) is 19.5 Å². The second kappa shape index (κ2) is 23.3. The van der Waals surface area contributed by atoms with Crippen LogP contribution in [0, 0.1) is 17.9 Å². The average molecular weight is 816 g/mol. The number of ether oxygens (including phenoxy) is 3. The van der Waals surface area contributed by atoms with Crippen molar-refractivity contribution in [3.05, 3.63) is 48.3 Å². The Morgan fingerprint density at radius 2 is 1.61 bits per heavy atom. The minimum atomic E-state index is -2.97. The lowest BCUT2D eigenvalue weighted by Gasteiger charge is -2.25. The summed E-state index contributed by atoms with van der Waals surface area (Å²) in [5.41, 5.74) is 11.2. The largest absolute Gasteiger partial charge is 0.698 e. The predicted molar refractivity (Wildman–Crippen MR) is 211 cm³/mol. The van der Waals surface area contributed by atoms with Crippen LogP contribution in [0.2, 0.25) is 0 Å². The van der Waals surface area contributed by atoms with Crippen LogP contribution in [0.3, 0.4) is 0 Å². The van der Waals surface area contributed by atoms with E-state index in [1.165, 1.54) is 17.8 Å². The molecule has 0 spiro atoms. The van der Waals surface area contributed by atoms with Crippen molar-refractivity contribution in [2.45, 2.75) is 140 Å². The standard InChI is InChI=1S/C40H57FN6O9P/c1-4-6-8-10-12-17-23-52-37(49)28(3)56-57(51)54-26-40(31(48)25-32(55-40)47-27-44-34-35(43)45-39(41)46-36(34)47)22-21-30(29-19-15-14-16-20-29)33(42)38(50)53-24-18-13-11-9-7-5-2/h14-16,19-20,27-28,30-33,48H,4-13,17-18,23-26,42H2,1-3H3,(H2,43,45,46)/q+1/t28-,30?,31-,32+,33-,40+/m0/s1. The number of hydrogen-bond acceptors (Lipinski definition) is 14. The lowest BCUT2D eigenvalue weighted by Crippen LogP contribution is -2.43. The summed E-state index contributed by atoms with van der Waals surface area (Å²) < 4.78 is 56.8. The predicted octanol–water partition coefficient (Wildman–Crippen LogP) is 6.57. The van der Waals surface area contributed by atoms with E-state index >= 15 is 0 Å². The van der Waals surface area contributed by atoms with E-state index < -0.39 is 68.9 Å². The van der Waals surface area contributed by atoms with E-state index in [0.29, 0.717) is 18.4 Å². The molecule has 1 aliphatic heterocycles. The number of esters is 2. The van der Waals surface area contributed by atoms with Gasteiger partial charge in [-0.25, -0.2) is 9.78 Å². The van der Waals surface area contributed by atoms with Gasteiger partial charge < -0.3 is 30.8 Å². The SMILES string of the molecule is CCCCCCCCOC(=O)[C@H](C)O[P+](=O)OC[C@@]1(C#CC(c2ccccc2)[C@H](N)C(=O)OCCCCCCCC)O[C@@H](n2cnc3c(N)nc(F)nc32)C[C@@H]1O. The Morgan fingerprint density at radius 3 is 2.26 bits per heavy atom. The fourth-order valence-corrected chi connectivity index (χ4v) is 7.08. The Hall–Kier alpha value is -4.10. The van der Waals surface area contributed by atoms with Crippen LogP contribution >= 0.6 is 8.25 Å². The molecule has 3 heterocycles. The van der Waals surface area contributed by atoms with Crippen molar-refractivity contribution in [2.24, 2.45) is 5.73 Å². The fraction of sp³-hybridized carbons (Fsp3) is 0.625. The summed E-state index contributed by atoms with van der Waals surface area (Å²) in [5.74, 6) is 3.49. The van der Waals surface area contributed by atoms with Gasteiger partial charge in [0.2, 0.25) is 6.10 Å². The number of halogens is 1. The van der Waals surface area contributed by atoms with Gasteiger partial charge in [0.15, 0.2) is 22.6 Å². The van der Waals surface area contributed by atoms with Crippen LogP contribution in [0.5, 0.6) is 0 Å². The minimum absolute atomic E-state index is 0.00174. The number of aliphatic hydroxyl groups is 1. The zero-order chi connectivity index (χ0) is 41.2. The maximum atomic E-state index is 14.3. The molecule has 2 unspecified atom stereocenters. The smallest absolute Gasteiger partial charge is 0.464 e. The average Bonchev–Trinajstić information content (AvgIpc) is 3.77. The molecule has 2 aromatic heterocycles. The summed E-state index contributed by atoms with van der Waals surface area (Å²) in [6.45, 7) is 5.47. The lowest BCUT2D eigenvalue weighted by molar-refractivity contribution is -0.151. The van der Waals surface area contributed by atoms with Crippen LogP contribution in [-0.4, -0.2) is 80.2 Å². The highest BCUT2D eigenvalue weighted by atomic mass is 31.1. The molecular formula is C40H57FN6O9P+. The number of carbonyl (C=O) groups excluding carboxylic acids is 2. The van der Waals surface area contributed by atoms with Gasteiger partial charge >= 0.3 is 26.3 Å². The second-order valence-corrected chi connectivity index (χ2v) is 15.1. The first-order valence-corrected chi connectivity index (χ1v) is 21.0. The Kier molecular flexibility index (Phi) is 18.7. The van der Waals surface area contributed by atoms with Crippen LogP contribution in [0.1, 0.15) is 122 Å². The first kappa shape index (κ1) is 45.6. The molecule has 5 N–H and O–H groups in total. The Labute approximate surface area is 334 Å². The van der Waals surface area contributed by atoms with E-state index in [-0.39, 0.29) is 36.6 Å². The number of carbonyl (C=O) groups is 2. The highest BCUT2D eigenvalue weighted by Gasteiger charge is 2.51. The number of aliphatic hydroxyl groups excluding tert-OH is 1. The number of nitrogen functional groups attached to an aromatic ring is 1. The fourth-order valence-electron chi connectivity index (χ4n) is 6.37. The monoisotopic (exact) mass is 815 g/mol. The Bertz CT molecular complexity index is 1810. The van der Waals surface area contributed by atoms with Gasteiger partial charge in [0.05, 0.1) is 25.5 Å². The molecule has 0 amide bonds. The van der Waals surface area contributed by atoms with Gasteiger partial charge in [-0.1, -0.05) is 120 Å². The summed E-state index contributed by atoms with van der Waals surface area (Å²) >= 11 is 0. The van der Waals surface area contributed by atoms with Gasteiger partial charge in [-0.3, -0.25) is 9.36 Å². The van der Waals surface area contributed by atoms with Gasteiger partial charge in [0.25, 0.3) is 0 Å². The number of benzene rings is 1. The molecule has 1 aliphatic rings. The molecular weight excluding hydrogens is 758 g/mol. The molecule has 15 nitrogen and oxygen atoms in total. The number of rotatable bonds is 24. The van der Waals surface area contributed by atoms with Crippen LogP contribution in [0.25, 0.3) is 11.2 Å². The molecule has 57 heavy (non-hydrogen) atoms. The van der Waals surface area contributed by atoms with Crippen molar-refractivity contribution in [3.63, 3.8) is 0 Å². The van der Waals surface area contributed by atoms with Gasteiger partial charge in [-0.05, 0) is 25.3 Å². The van der Waals surface area contributed by atoms with Gasteiger partial charge in [-0.15, -0.1) is 9.05 Å². The highest BCUT2D eigenvalue weighted by Crippen LogP contribution is 2.41. The van der Waals surface area contributed by atoms with Crippen LogP contribution < -0.4 is 11.5 Å². The normalized spacial score (nSPS) is 19.7. The number of hydrogen-bond donors (Lipinski definition) is 3. The third-order valence-electron chi connectivity index (χ3n) is 9.72. The molecule has 0 aliphatic carbocycles. The van der Waals surface area contributed by atoms with E-state index in [2.05, 4.69) is 40.6 Å². The van der Waals surface area contributed by atoms with Crippen molar-refractivity contribution in [2.75, 3.05) is 25.6 Å². The lowest BCUT2D eigenvalue weighted by atomic mass is 9.90. The molecule has 1 aromatic carbocycles. The summed E-state index contributed by atoms with van der Waals surface area (Å²) in [6.07, 6.45) is 8.58. The van der Waals surface area contributed by atoms with E-state index in [1.54, 1.807) is 30.3 Å². The zero-order valence-corrected chi connectivity index (χ0v) is 34.0. The maximum Gasteiger partial charge on any atom is 0.698 e. The molecule has 3 aromatic rings. The molecule has 1 fully saturated rings. The maximum absolute atomic E-state index is 14.3. The number of aromatic nitrogens is 4. The topological polar surface area (TPSA) is 213 Å². The Balaban J connectivity index is 1.54. The molecule has 17 heteroatoms. The molecule has 0 bridgehead atoms. The van der Waals surface area contributed by atoms with Crippen molar-refractivity contribution in [3.8, 4) is 11.8 Å². The van der Waals surface area contributed by atoms with Gasteiger partial charge in [0.1, 0.15) is 25.0 Å². The number of imidazole rings is 1. The third-order valence-corrected chi connectivity index (χ3v) is 10.5. The number of nitrogens with zero attached hydrogens (tertiary/aromatic N) is 4. The second-order valence-electron chi connectivity index (χ2n) is 14.2. The van der Waals surface area contributed by atoms with E-state index in [1.807, 2.05) is 0 Å². The summed E-state index contributed by atoms with van der Waals surface area (Å²) in [6, 6.07) is 7.63. The van der Waals surface area contributed by atoms with Crippen LogP contribution in [0.15, 0.2) is 36.7 Å². The quantitative estimate of drug-likeness (QED) is 0.0287. The van der Waals surface area contributed by atoms with Gasteiger partial charge in [0, 0.05) is 11.0 Å². The molecule has 0 radical (unpaired) electrons. The zero-order valence-electron chi connectivity index (χ0n) is 33.1. The number of fused-ring (bicyclic) bond motifs is 1. The van der Waals surface area contributed by atoms with E-state index in [4.69, 9.17) is 34.7 Å². The summed E-state index contributed by atoms with van der Waals surface area (Å²) in [5, 5.41) is 11.6. The molecule has 1 saturated heterocycles. The third kappa shape index (κ3) is 13.5. The van der Waals surface area contributed by atoms with E-state index in [9.17, 15) is 23.7 Å². The molecule has 0 saturated carbocycles.